The molecule has 1 saturated heterocycles. The lowest BCUT2D eigenvalue weighted by atomic mass is 9.95. The Hall–Kier alpha value is -1.49. The van der Waals surface area contributed by atoms with Gasteiger partial charge in [-0.05, 0) is 0 Å². The van der Waals surface area contributed by atoms with E-state index >= 15 is 0 Å². The topological polar surface area (TPSA) is 78.1 Å². The SMILES string of the molecule is Nc1ncc(C2COCCC2=O)cn1. The number of anilines is 1. The van der Waals surface area contributed by atoms with Crippen LogP contribution in [0.4, 0.5) is 5.95 Å². The van der Waals surface area contributed by atoms with Crippen LogP contribution in [-0.4, -0.2) is 29.0 Å². The Labute approximate surface area is 81.3 Å². The van der Waals surface area contributed by atoms with Crippen molar-refractivity contribution >= 4 is 11.7 Å². The van der Waals surface area contributed by atoms with Gasteiger partial charge in [0.2, 0.25) is 5.95 Å². The predicted octanol–water partition coefficient (Wildman–Crippen LogP) is 0.132. The fourth-order valence-corrected chi connectivity index (χ4v) is 1.45. The highest BCUT2D eigenvalue weighted by Crippen LogP contribution is 2.21. The molecule has 1 unspecified atom stereocenters. The highest BCUT2D eigenvalue weighted by molar-refractivity contribution is 5.86. The Morgan fingerprint density at radius 2 is 2.14 bits per heavy atom. The van der Waals surface area contributed by atoms with Crippen LogP contribution < -0.4 is 5.73 Å². The standard InChI is InChI=1S/C9H11N3O2/c10-9-11-3-6(4-12-9)7-5-14-2-1-8(7)13/h3-4,7H,1-2,5H2,(H2,10,11,12). The zero-order chi connectivity index (χ0) is 9.97. The lowest BCUT2D eigenvalue weighted by Crippen LogP contribution is -2.25. The lowest BCUT2D eigenvalue weighted by molar-refractivity contribution is -0.126. The number of carbonyl (C=O) groups excluding carboxylic acids is 1. The summed E-state index contributed by atoms with van der Waals surface area (Å²) >= 11 is 0. The number of nitrogen functional groups attached to an aromatic ring is 1. The molecule has 2 rings (SSSR count). The van der Waals surface area contributed by atoms with Crippen LogP contribution in [0.3, 0.4) is 0 Å². The molecular formula is C9H11N3O2. The fraction of sp³-hybridized carbons (Fsp3) is 0.444. The van der Waals surface area contributed by atoms with Gasteiger partial charge in [-0.25, -0.2) is 9.97 Å². The maximum absolute atomic E-state index is 11.5. The summed E-state index contributed by atoms with van der Waals surface area (Å²) in [6.07, 6.45) is 3.63. The van der Waals surface area contributed by atoms with Gasteiger partial charge in [-0.15, -0.1) is 0 Å². The van der Waals surface area contributed by atoms with Crippen LogP contribution in [0.5, 0.6) is 0 Å². The number of ether oxygens (including phenoxy) is 1. The maximum atomic E-state index is 11.5. The number of rotatable bonds is 1. The molecule has 0 saturated carbocycles. The average Bonchev–Trinajstić information content (AvgIpc) is 2.20. The lowest BCUT2D eigenvalue weighted by Gasteiger charge is -2.20. The third kappa shape index (κ3) is 1.72. The summed E-state index contributed by atoms with van der Waals surface area (Å²) in [5, 5.41) is 0. The molecule has 0 amide bonds. The maximum Gasteiger partial charge on any atom is 0.219 e. The van der Waals surface area contributed by atoms with Gasteiger partial charge in [0.25, 0.3) is 0 Å². The Balaban J connectivity index is 2.20. The van der Waals surface area contributed by atoms with Crippen LogP contribution in [0.15, 0.2) is 12.4 Å². The van der Waals surface area contributed by atoms with Crippen LogP contribution in [0.1, 0.15) is 17.9 Å². The second-order valence-electron chi connectivity index (χ2n) is 3.22. The van der Waals surface area contributed by atoms with Crippen molar-refractivity contribution < 1.29 is 9.53 Å². The summed E-state index contributed by atoms with van der Waals surface area (Å²) in [5.41, 5.74) is 6.13. The summed E-state index contributed by atoms with van der Waals surface area (Å²) < 4.78 is 5.23. The molecule has 0 aromatic carbocycles. The highest BCUT2D eigenvalue weighted by atomic mass is 16.5. The monoisotopic (exact) mass is 193 g/mol. The van der Waals surface area contributed by atoms with E-state index in [4.69, 9.17) is 10.5 Å². The smallest absolute Gasteiger partial charge is 0.219 e. The molecule has 1 atom stereocenters. The van der Waals surface area contributed by atoms with Crippen LogP contribution >= 0.6 is 0 Å². The van der Waals surface area contributed by atoms with E-state index in [0.717, 1.165) is 5.56 Å². The van der Waals surface area contributed by atoms with Gasteiger partial charge in [0.05, 0.1) is 19.1 Å². The normalized spacial score (nSPS) is 22.3. The van der Waals surface area contributed by atoms with E-state index in [0.29, 0.717) is 19.6 Å². The Bertz CT molecular complexity index is 336. The van der Waals surface area contributed by atoms with Crippen molar-refractivity contribution in [3.05, 3.63) is 18.0 Å². The number of carbonyl (C=O) groups is 1. The number of nitrogens with two attached hydrogens (primary N) is 1. The first-order valence-electron chi connectivity index (χ1n) is 4.45. The van der Waals surface area contributed by atoms with Gasteiger partial charge in [-0.3, -0.25) is 4.79 Å². The molecule has 2 heterocycles. The number of aromatic nitrogens is 2. The molecule has 5 heteroatoms. The van der Waals surface area contributed by atoms with Gasteiger partial charge in [0, 0.05) is 24.4 Å². The van der Waals surface area contributed by atoms with Crippen molar-refractivity contribution in [2.75, 3.05) is 18.9 Å². The molecule has 14 heavy (non-hydrogen) atoms. The molecule has 0 aliphatic carbocycles. The first-order valence-corrected chi connectivity index (χ1v) is 4.45. The van der Waals surface area contributed by atoms with E-state index < -0.39 is 0 Å². The molecule has 2 N–H and O–H groups in total. The third-order valence-corrected chi connectivity index (χ3v) is 2.26. The van der Waals surface area contributed by atoms with Crippen molar-refractivity contribution in [1.82, 2.24) is 9.97 Å². The van der Waals surface area contributed by atoms with Crippen LogP contribution in [0.2, 0.25) is 0 Å². The molecule has 0 bridgehead atoms. The summed E-state index contributed by atoms with van der Waals surface area (Å²) in [7, 11) is 0. The molecule has 0 radical (unpaired) electrons. The second kappa shape index (κ2) is 3.71. The van der Waals surface area contributed by atoms with E-state index in [2.05, 4.69) is 9.97 Å². The molecule has 1 aliphatic rings. The largest absolute Gasteiger partial charge is 0.380 e. The summed E-state index contributed by atoms with van der Waals surface area (Å²) in [6.45, 7) is 0.942. The van der Waals surface area contributed by atoms with Gasteiger partial charge < -0.3 is 10.5 Å². The van der Waals surface area contributed by atoms with E-state index in [-0.39, 0.29) is 17.6 Å². The van der Waals surface area contributed by atoms with E-state index in [1.807, 2.05) is 0 Å². The number of hydrogen-bond acceptors (Lipinski definition) is 5. The molecule has 0 spiro atoms. The first-order chi connectivity index (χ1) is 6.77. The van der Waals surface area contributed by atoms with Crippen molar-refractivity contribution in [3.8, 4) is 0 Å². The van der Waals surface area contributed by atoms with Gasteiger partial charge in [-0.2, -0.15) is 0 Å². The Morgan fingerprint density at radius 3 is 2.79 bits per heavy atom. The summed E-state index contributed by atoms with van der Waals surface area (Å²) in [6, 6.07) is 0. The number of ketones is 1. The second-order valence-corrected chi connectivity index (χ2v) is 3.22. The minimum Gasteiger partial charge on any atom is -0.380 e. The molecule has 1 aromatic rings. The minimum absolute atomic E-state index is 0.185. The van der Waals surface area contributed by atoms with Crippen LogP contribution in [0.25, 0.3) is 0 Å². The molecule has 1 fully saturated rings. The Morgan fingerprint density at radius 1 is 1.43 bits per heavy atom. The Kier molecular flexibility index (Phi) is 2.41. The van der Waals surface area contributed by atoms with Gasteiger partial charge in [-0.1, -0.05) is 0 Å². The van der Waals surface area contributed by atoms with Crippen molar-refractivity contribution in [3.63, 3.8) is 0 Å². The number of hydrogen-bond donors (Lipinski definition) is 1. The predicted molar refractivity (Wildman–Crippen MR) is 49.6 cm³/mol. The number of Topliss-reactive ketones (excluding diaryl/α,β-unsaturated/α-hetero) is 1. The van der Waals surface area contributed by atoms with Gasteiger partial charge in [0.15, 0.2) is 0 Å². The van der Waals surface area contributed by atoms with E-state index in [1.165, 1.54) is 0 Å². The average molecular weight is 193 g/mol. The fourth-order valence-electron chi connectivity index (χ4n) is 1.45. The van der Waals surface area contributed by atoms with Gasteiger partial charge in [0.1, 0.15) is 5.78 Å². The molecule has 74 valence electrons. The van der Waals surface area contributed by atoms with Crippen molar-refractivity contribution in [2.45, 2.75) is 12.3 Å². The van der Waals surface area contributed by atoms with Crippen molar-refractivity contribution in [2.24, 2.45) is 0 Å². The summed E-state index contributed by atoms with van der Waals surface area (Å²) in [5.74, 6) is 0.187. The van der Waals surface area contributed by atoms with E-state index in [1.54, 1.807) is 12.4 Å². The molecule has 1 aliphatic heterocycles. The van der Waals surface area contributed by atoms with Gasteiger partial charge >= 0.3 is 0 Å². The van der Waals surface area contributed by atoms with Crippen LogP contribution in [0, 0.1) is 0 Å². The quantitative estimate of drug-likeness (QED) is 0.686. The number of nitrogens with zero attached hydrogens (tertiary/aromatic N) is 2. The highest BCUT2D eigenvalue weighted by Gasteiger charge is 2.24. The summed E-state index contributed by atoms with van der Waals surface area (Å²) in [4.78, 5) is 19.2. The molecule has 1 aromatic heterocycles. The van der Waals surface area contributed by atoms with E-state index in [9.17, 15) is 4.79 Å². The third-order valence-electron chi connectivity index (χ3n) is 2.26. The zero-order valence-electron chi connectivity index (χ0n) is 7.64. The minimum atomic E-state index is -0.218. The first kappa shape index (κ1) is 9.08. The molecular weight excluding hydrogens is 182 g/mol. The van der Waals surface area contributed by atoms with Crippen LogP contribution in [-0.2, 0) is 9.53 Å². The van der Waals surface area contributed by atoms with Crippen molar-refractivity contribution in [1.29, 1.82) is 0 Å². The zero-order valence-corrected chi connectivity index (χ0v) is 7.64. The molecule has 5 nitrogen and oxygen atoms in total.